The van der Waals surface area contributed by atoms with E-state index >= 15 is 0 Å². The third kappa shape index (κ3) is 3.62. The van der Waals surface area contributed by atoms with E-state index in [0.717, 1.165) is 66.9 Å². The SMILES string of the molecule is CN(C)C1CCc2[nH]c3nc(Nc4ccc5sc(N6CCOCC6)nc5c4)ccc3c2C1. The van der Waals surface area contributed by atoms with Crippen LogP contribution < -0.4 is 10.2 Å². The second-order valence-corrected chi connectivity index (χ2v) is 9.95. The zero-order valence-electron chi connectivity index (χ0n) is 18.5. The van der Waals surface area contributed by atoms with Crippen molar-refractivity contribution in [1.29, 1.82) is 0 Å². The second-order valence-electron chi connectivity index (χ2n) is 8.94. The Morgan fingerprint density at radius 1 is 1.16 bits per heavy atom. The van der Waals surface area contributed by atoms with Crippen LogP contribution in [0.15, 0.2) is 30.3 Å². The van der Waals surface area contributed by atoms with Gasteiger partial charge < -0.3 is 24.8 Å². The normalized spacial score (nSPS) is 19.1. The number of hydrogen-bond donors (Lipinski definition) is 2. The quantitative estimate of drug-likeness (QED) is 0.488. The van der Waals surface area contributed by atoms with Crippen LogP contribution in [0.1, 0.15) is 17.7 Å². The number of aryl methyl sites for hydroxylation is 1. The molecule has 7 nitrogen and oxygen atoms in total. The number of pyridine rings is 1. The van der Waals surface area contributed by atoms with E-state index in [1.54, 1.807) is 11.3 Å². The summed E-state index contributed by atoms with van der Waals surface area (Å²) in [5.74, 6) is 0.850. The maximum atomic E-state index is 5.47. The summed E-state index contributed by atoms with van der Waals surface area (Å²) in [5, 5.41) is 5.80. The van der Waals surface area contributed by atoms with Gasteiger partial charge in [-0.1, -0.05) is 11.3 Å². The van der Waals surface area contributed by atoms with Gasteiger partial charge in [-0.05, 0) is 69.3 Å². The van der Waals surface area contributed by atoms with Crippen molar-refractivity contribution in [3.8, 4) is 0 Å². The van der Waals surface area contributed by atoms with Gasteiger partial charge in [0.25, 0.3) is 0 Å². The Morgan fingerprint density at radius 3 is 2.88 bits per heavy atom. The number of benzene rings is 1. The average molecular weight is 449 g/mol. The summed E-state index contributed by atoms with van der Waals surface area (Å²) < 4.78 is 6.67. The minimum Gasteiger partial charge on any atom is -0.378 e. The van der Waals surface area contributed by atoms with Crippen molar-refractivity contribution in [2.24, 2.45) is 0 Å². The molecule has 0 amide bonds. The number of H-pyrrole nitrogens is 1. The molecule has 1 saturated heterocycles. The highest BCUT2D eigenvalue weighted by atomic mass is 32.1. The van der Waals surface area contributed by atoms with Crippen molar-refractivity contribution in [2.45, 2.75) is 25.3 Å². The molecule has 4 heterocycles. The van der Waals surface area contributed by atoms with Crippen LogP contribution in [0.3, 0.4) is 0 Å². The lowest BCUT2D eigenvalue weighted by Crippen LogP contribution is -2.36. The van der Waals surface area contributed by atoms with Crippen molar-refractivity contribution in [1.82, 2.24) is 19.9 Å². The topological polar surface area (TPSA) is 69.3 Å². The Hall–Kier alpha value is -2.68. The van der Waals surface area contributed by atoms with Gasteiger partial charge in [-0.25, -0.2) is 9.97 Å². The molecule has 1 aromatic carbocycles. The van der Waals surface area contributed by atoms with Crippen LogP contribution >= 0.6 is 11.3 Å². The number of morpholine rings is 1. The first-order valence-corrected chi connectivity index (χ1v) is 12.1. The monoisotopic (exact) mass is 448 g/mol. The Labute approximate surface area is 191 Å². The zero-order valence-corrected chi connectivity index (χ0v) is 19.3. The number of hydrogen-bond acceptors (Lipinski definition) is 7. The molecule has 1 aliphatic heterocycles. The van der Waals surface area contributed by atoms with Gasteiger partial charge in [0.05, 0.1) is 23.4 Å². The van der Waals surface area contributed by atoms with Gasteiger partial charge in [-0.2, -0.15) is 0 Å². The van der Waals surface area contributed by atoms with E-state index in [1.165, 1.54) is 27.8 Å². The van der Waals surface area contributed by atoms with Crippen LogP contribution in [0.2, 0.25) is 0 Å². The molecule has 1 atom stereocenters. The predicted molar refractivity (Wildman–Crippen MR) is 132 cm³/mol. The van der Waals surface area contributed by atoms with Gasteiger partial charge in [0.15, 0.2) is 5.13 Å². The maximum absolute atomic E-state index is 5.47. The molecule has 8 heteroatoms. The fourth-order valence-electron chi connectivity index (χ4n) is 4.82. The standard InChI is InChI=1S/C24H28N6OS/c1-29(2)16-4-6-19-18(14-16)17-5-8-22(28-23(17)26-19)25-15-3-7-21-20(13-15)27-24(32-21)30-9-11-31-12-10-30/h3,5,7-8,13,16H,4,6,9-12,14H2,1-2H3,(H2,25,26,28). The molecule has 0 radical (unpaired) electrons. The first-order valence-electron chi connectivity index (χ1n) is 11.3. The molecule has 32 heavy (non-hydrogen) atoms. The molecular weight excluding hydrogens is 420 g/mol. The molecule has 0 saturated carbocycles. The van der Waals surface area contributed by atoms with Crippen LogP contribution in [0, 0.1) is 0 Å². The van der Waals surface area contributed by atoms with Crippen LogP contribution in [-0.4, -0.2) is 66.3 Å². The minimum atomic E-state index is 0.603. The van der Waals surface area contributed by atoms with Crippen molar-refractivity contribution in [3.63, 3.8) is 0 Å². The number of aromatic amines is 1. The third-order valence-corrected chi connectivity index (χ3v) is 7.78. The number of nitrogens with one attached hydrogen (secondary N) is 2. The van der Waals surface area contributed by atoms with Crippen LogP contribution in [0.25, 0.3) is 21.3 Å². The van der Waals surface area contributed by atoms with Crippen molar-refractivity contribution >= 4 is 49.2 Å². The second kappa shape index (κ2) is 8.03. The highest BCUT2D eigenvalue weighted by molar-refractivity contribution is 7.22. The fraction of sp³-hybridized carbons (Fsp3) is 0.417. The minimum absolute atomic E-state index is 0.603. The Kier molecular flexibility index (Phi) is 5.01. The zero-order chi connectivity index (χ0) is 21.7. The molecular formula is C24H28N6OS. The summed E-state index contributed by atoms with van der Waals surface area (Å²) in [4.78, 5) is 18.0. The Morgan fingerprint density at radius 2 is 2.03 bits per heavy atom. The lowest BCUT2D eigenvalue weighted by molar-refractivity contribution is 0.122. The Bertz CT molecular complexity index is 1270. The first kappa shape index (κ1) is 20.0. The number of aromatic nitrogens is 3. The molecule has 2 N–H and O–H groups in total. The molecule has 2 aliphatic rings. The van der Waals surface area contributed by atoms with Crippen molar-refractivity contribution in [2.75, 3.05) is 50.6 Å². The summed E-state index contributed by atoms with van der Waals surface area (Å²) in [6.45, 7) is 3.36. The molecule has 0 spiro atoms. The molecule has 1 aliphatic carbocycles. The molecule has 0 bridgehead atoms. The highest BCUT2D eigenvalue weighted by Gasteiger charge is 2.24. The van der Waals surface area contributed by atoms with Crippen molar-refractivity contribution < 1.29 is 4.74 Å². The number of ether oxygens (including phenoxy) is 1. The van der Waals surface area contributed by atoms with Crippen LogP contribution in [-0.2, 0) is 17.6 Å². The number of thiazole rings is 1. The summed E-state index contributed by atoms with van der Waals surface area (Å²) in [6, 6.07) is 11.3. The smallest absolute Gasteiger partial charge is 0.186 e. The summed E-state index contributed by atoms with van der Waals surface area (Å²) in [5.41, 5.74) is 5.79. The van der Waals surface area contributed by atoms with E-state index in [2.05, 4.69) is 64.5 Å². The lowest BCUT2D eigenvalue weighted by Gasteiger charge is -2.28. The van der Waals surface area contributed by atoms with Gasteiger partial charge in [-0.3, -0.25) is 0 Å². The predicted octanol–water partition coefficient (Wildman–Crippen LogP) is 4.17. The number of anilines is 3. The van der Waals surface area contributed by atoms with E-state index in [4.69, 9.17) is 14.7 Å². The van der Waals surface area contributed by atoms with E-state index in [-0.39, 0.29) is 0 Å². The molecule has 6 rings (SSSR count). The van der Waals surface area contributed by atoms with Gasteiger partial charge in [0.2, 0.25) is 0 Å². The molecule has 4 aromatic rings. The van der Waals surface area contributed by atoms with Gasteiger partial charge in [0.1, 0.15) is 11.5 Å². The van der Waals surface area contributed by atoms with E-state index < -0.39 is 0 Å². The highest BCUT2D eigenvalue weighted by Crippen LogP contribution is 2.33. The number of fused-ring (bicyclic) bond motifs is 4. The van der Waals surface area contributed by atoms with E-state index in [0.29, 0.717) is 6.04 Å². The van der Waals surface area contributed by atoms with Gasteiger partial charge >= 0.3 is 0 Å². The maximum Gasteiger partial charge on any atom is 0.186 e. The fourth-order valence-corrected chi connectivity index (χ4v) is 5.81. The lowest BCUT2D eigenvalue weighted by atomic mass is 9.91. The summed E-state index contributed by atoms with van der Waals surface area (Å²) in [6.07, 6.45) is 3.37. The third-order valence-electron chi connectivity index (χ3n) is 6.68. The van der Waals surface area contributed by atoms with Crippen LogP contribution in [0.5, 0.6) is 0 Å². The molecule has 166 valence electrons. The van der Waals surface area contributed by atoms with E-state index in [9.17, 15) is 0 Å². The van der Waals surface area contributed by atoms with Crippen molar-refractivity contribution in [3.05, 3.63) is 41.6 Å². The molecule has 3 aromatic heterocycles. The number of nitrogens with zero attached hydrogens (tertiary/aromatic N) is 4. The Balaban J connectivity index is 1.25. The van der Waals surface area contributed by atoms with Crippen LogP contribution in [0.4, 0.5) is 16.6 Å². The molecule has 1 unspecified atom stereocenters. The van der Waals surface area contributed by atoms with Gasteiger partial charge in [0, 0.05) is 35.9 Å². The number of rotatable bonds is 4. The average Bonchev–Trinajstić information content (AvgIpc) is 3.39. The van der Waals surface area contributed by atoms with Gasteiger partial charge in [-0.15, -0.1) is 0 Å². The first-order chi connectivity index (χ1) is 15.6. The largest absolute Gasteiger partial charge is 0.378 e. The summed E-state index contributed by atoms with van der Waals surface area (Å²) >= 11 is 1.75. The number of likely N-dealkylation sites (N-methyl/N-ethyl adjacent to an activating group) is 1. The van der Waals surface area contributed by atoms with E-state index in [1.807, 2.05) is 0 Å². The summed E-state index contributed by atoms with van der Waals surface area (Å²) in [7, 11) is 4.35. The molecule has 1 fully saturated rings.